The normalized spacial score (nSPS) is 10.7. The lowest BCUT2D eigenvalue weighted by atomic mass is 10.2. The standard InChI is InChI=1S/C12H8Cl2N4S2/c1-19-12-9(5-15)11(20-18-12)17-16-6-7-2-3-8(13)4-10(7)14/h2-4,6,17H,1H3. The van der Waals surface area contributed by atoms with E-state index in [2.05, 4.69) is 21.0 Å². The van der Waals surface area contributed by atoms with Gasteiger partial charge in [0.25, 0.3) is 0 Å². The quantitative estimate of drug-likeness (QED) is 0.505. The molecule has 102 valence electrons. The molecular formula is C12H8Cl2N4S2. The summed E-state index contributed by atoms with van der Waals surface area (Å²) in [6, 6.07) is 7.25. The minimum Gasteiger partial charge on any atom is -0.266 e. The molecule has 0 bridgehead atoms. The van der Waals surface area contributed by atoms with E-state index in [1.165, 1.54) is 23.3 Å². The lowest BCUT2D eigenvalue weighted by Crippen LogP contribution is -1.91. The third-order valence-corrected chi connectivity index (χ3v) is 4.41. The molecule has 0 fully saturated rings. The number of rotatable bonds is 4. The minimum atomic E-state index is 0.502. The van der Waals surface area contributed by atoms with Gasteiger partial charge in [0.15, 0.2) is 0 Å². The van der Waals surface area contributed by atoms with E-state index >= 15 is 0 Å². The maximum atomic E-state index is 9.09. The summed E-state index contributed by atoms with van der Waals surface area (Å²) in [5.74, 6) is 0. The number of hydrogen-bond acceptors (Lipinski definition) is 6. The van der Waals surface area contributed by atoms with Crippen LogP contribution in [-0.4, -0.2) is 16.8 Å². The van der Waals surface area contributed by atoms with E-state index in [0.29, 0.717) is 25.6 Å². The van der Waals surface area contributed by atoms with Gasteiger partial charge >= 0.3 is 0 Å². The molecule has 1 aromatic heterocycles. The average molecular weight is 343 g/mol. The number of anilines is 1. The molecule has 0 aliphatic carbocycles. The zero-order valence-electron chi connectivity index (χ0n) is 10.2. The predicted octanol–water partition coefficient (Wildman–Crippen LogP) is 4.49. The molecule has 4 nitrogen and oxygen atoms in total. The Balaban J connectivity index is 2.14. The first-order valence-electron chi connectivity index (χ1n) is 5.33. The van der Waals surface area contributed by atoms with Gasteiger partial charge in [-0.3, -0.25) is 5.43 Å². The van der Waals surface area contributed by atoms with Crippen LogP contribution in [0.25, 0.3) is 0 Å². The van der Waals surface area contributed by atoms with Crippen LogP contribution in [0.1, 0.15) is 11.1 Å². The van der Waals surface area contributed by atoms with Gasteiger partial charge < -0.3 is 0 Å². The van der Waals surface area contributed by atoms with Gasteiger partial charge in [-0.15, -0.1) is 11.8 Å². The largest absolute Gasteiger partial charge is 0.266 e. The van der Waals surface area contributed by atoms with Gasteiger partial charge in [0.05, 0.1) is 11.2 Å². The van der Waals surface area contributed by atoms with Crippen LogP contribution in [-0.2, 0) is 0 Å². The lowest BCUT2D eigenvalue weighted by Gasteiger charge is -1.99. The third kappa shape index (κ3) is 3.44. The van der Waals surface area contributed by atoms with Crippen LogP contribution < -0.4 is 5.43 Å². The fraction of sp³-hybridized carbons (Fsp3) is 0.0833. The topological polar surface area (TPSA) is 61.1 Å². The van der Waals surface area contributed by atoms with Crippen LogP contribution in [0, 0.1) is 11.3 Å². The van der Waals surface area contributed by atoms with Crippen molar-refractivity contribution in [2.24, 2.45) is 5.10 Å². The molecule has 0 amide bonds. The first kappa shape index (κ1) is 15.1. The van der Waals surface area contributed by atoms with Crippen LogP contribution >= 0.6 is 46.5 Å². The Bertz CT molecular complexity index is 691. The molecule has 8 heteroatoms. The first-order valence-corrected chi connectivity index (χ1v) is 8.09. The zero-order chi connectivity index (χ0) is 14.5. The highest BCUT2D eigenvalue weighted by Gasteiger charge is 2.11. The fourth-order valence-electron chi connectivity index (χ4n) is 1.36. The van der Waals surface area contributed by atoms with E-state index in [-0.39, 0.29) is 0 Å². The molecule has 2 rings (SSSR count). The molecule has 2 aromatic rings. The number of hydrogen-bond donors (Lipinski definition) is 1. The maximum absolute atomic E-state index is 9.09. The van der Waals surface area contributed by atoms with E-state index in [1.807, 2.05) is 6.26 Å². The molecule has 20 heavy (non-hydrogen) atoms. The fourth-order valence-corrected chi connectivity index (χ4v) is 3.23. The molecule has 0 spiro atoms. The second-order valence-corrected chi connectivity index (χ2v) is 5.96. The number of nitrogens with zero attached hydrogens (tertiary/aromatic N) is 3. The maximum Gasteiger partial charge on any atom is 0.148 e. The van der Waals surface area contributed by atoms with Crippen molar-refractivity contribution in [2.45, 2.75) is 5.03 Å². The summed E-state index contributed by atoms with van der Waals surface area (Å²) >= 11 is 14.5. The summed E-state index contributed by atoms with van der Waals surface area (Å²) in [6.45, 7) is 0. The Hall–Kier alpha value is -1.26. The summed E-state index contributed by atoms with van der Waals surface area (Å²) in [7, 11) is 0. The van der Waals surface area contributed by atoms with Crippen molar-refractivity contribution >= 4 is 57.7 Å². The second kappa shape index (κ2) is 6.95. The molecule has 1 aromatic carbocycles. The third-order valence-electron chi connectivity index (χ3n) is 2.30. The molecular weight excluding hydrogens is 335 g/mol. The molecule has 0 saturated heterocycles. The van der Waals surface area contributed by atoms with Gasteiger partial charge in [-0.25, -0.2) is 0 Å². The highest BCUT2D eigenvalue weighted by atomic mass is 35.5. The van der Waals surface area contributed by atoms with Crippen molar-refractivity contribution in [3.63, 3.8) is 0 Å². The number of nitriles is 1. The van der Waals surface area contributed by atoms with Gasteiger partial charge in [-0.2, -0.15) is 14.7 Å². The monoisotopic (exact) mass is 342 g/mol. The Morgan fingerprint density at radius 3 is 2.95 bits per heavy atom. The Morgan fingerprint density at radius 2 is 2.30 bits per heavy atom. The van der Waals surface area contributed by atoms with Crippen molar-refractivity contribution in [3.8, 4) is 6.07 Å². The van der Waals surface area contributed by atoms with E-state index in [0.717, 1.165) is 5.56 Å². The summed E-state index contributed by atoms with van der Waals surface area (Å²) in [5, 5.41) is 15.5. The summed E-state index contributed by atoms with van der Waals surface area (Å²) in [5.41, 5.74) is 4.04. The number of halogens is 2. The van der Waals surface area contributed by atoms with Crippen molar-refractivity contribution < 1.29 is 0 Å². The first-order chi connectivity index (χ1) is 9.65. The van der Waals surface area contributed by atoms with Crippen molar-refractivity contribution in [3.05, 3.63) is 39.4 Å². The number of aromatic nitrogens is 1. The lowest BCUT2D eigenvalue weighted by molar-refractivity contribution is 1.25. The minimum absolute atomic E-state index is 0.502. The summed E-state index contributed by atoms with van der Waals surface area (Å²) in [4.78, 5) is 0. The molecule has 1 N–H and O–H groups in total. The number of hydrazone groups is 1. The number of nitrogens with one attached hydrogen (secondary N) is 1. The summed E-state index contributed by atoms with van der Waals surface area (Å²) in [6.07, 6.45) is 3.44. The smallest absolute Gasteiger partial charge is 0.148 e. The van der Waals surface area contributed by atoms with Crippen LogP contribution in [0.2, 0.25) is 10.0 Å². The molecule has 0 atom stereocenters. The Kier molecular flexibility index (Phi) is 5.26. The van der Waals surface area contributed by atoms with Gasteiger partial charge in [0, 0.05) is 10.6 Å². The molecule has 0 radical (unpaired) electrons. The summed E-state index contributed by atoms with van der Waals surface area (Å²) < 4.78 is 4.16. The average Bonchev–Trinajstić information content (AvgIpc) is 2.83. The highest BCUT2D eigenvalue weighted by molar-refractivity contribution is 7.98. The van der Waals surface area contributed by atoms with Gasteiger partial charge in [0.2, 0.25) is 0 Å². The zero-order valence-corrected chi connectivity index (χ0v) is 13.4. The Labute approximate surface area is 134 Å². The molecule has 0 unspecified atom stereocenters. The van der Waals surface area contributed by atoms with Crippen molar-refractivity contribution in [1.29, 1.82) is 5.26 Å². The van der Waals surface area contributed by atoms with Gasteiger partial charge in [0.1, 0.15) is 21.7 Å². The second-order valence-electron chi connectivity index (χ2n) is 3.54. The molecule has 1 heterocycles. The Morgan fingerprint density at radius 1 is 1.50 bits per heavy atom. The number of thioether (sulfide) groups is 1. The SMILES string of the molecule is CSc1nsc(NN=Cc2ccc(Cl)cc2Cl)c1C#N. The van der Waals surface area contributed by atoms with E-state index in [1.54, 1.807) is 24.4 Å². The van der Waals surface area contributed by atoms with Crippen molar-refractivity contribution in [2.75, 3.05) is 11.7 Å². The van der Waals surface area contributed by atoms with Crippen LogP contribution in [0.15, 0.2) is 28.3 Å². The predicted molar refractivity (Wildman–Crippen MR) is 86.3 cm³/mol. The van der Waals surface area contributed by atoms with Crippen LogP contribution in [0.4, 0.5) is 5.00 Å². The van der Waals surface area contributed by atoms with Crippen LogP contribution in [0.5, 0.6) is 0 Å². The number of benzene rings is 1. The van der Waals surface area contributed by atoms with E-state index < -0.39 is 0 Å². The van der Waals surface area contributed by atoms with Crippen molar-refractivity contribution in [1.82, 2.24) is 4.37 Å². The van der Waals surface area contributed by atoms with Crippen LogP contribution in [0.3, 0.4) is 0 Å². The van der Waals surface area contributed by atoms with Gasteiger partial charge in [-0.05, 0) is 29.9 Å². The van der Waals surface area contributed by atoms with E-state index in [9.17, 15) is 0 Å². The van der Waals surface area contributed by atoms with E-state index in [4.69, 9.17) is 28.5 Å². The van der Waals surface area contributed by atoms with Gasteiger partial charge in [-0.1, -0.05) is 29.3 Å². The molecule has 0 saturated carbocycles. The molecule has 0 aliphatic heterocycles. The molecule has 0 aliphatic rings. The highest BCUT2D eigenvalue weighted by Crippen LogP contribution is 2.29.